The first-order chi connectivity index (χ1) is 29.0. The van der Waals surface area contributed by atoms with Crippen molar-refractivity contribution in [1.82, 2.24) is 45.6 Å². The highest BCUT2D eigenvalue weighted by molar-refractivity contribution is 6.07. The molecule has 308 valence electrons. The second kappa shape index (κ2) is 18.4. The smallest absolute Gasteiger partial charge is 0.255 e. The minimum Gasteiger partial charge on any atom is -0.378 e. The number of nitrogens with one attached hydrogen (secondary N) is 5. The molecular weight excluding hydrogens is 781 g/mol. The number of nitrogens with zero attached hydrogens (tertiary/aromatic N) is 6. The van der Waals surface area contributed by atoms with Gasteiger partial charge in [-0.15, -0.1) is 10.2 Å². The van der Waals surface area contributed by atoms with Gasteiger partial charge in [0.25, 0.3) is 11.8 Å². The van der Waals surface area contributed by atoms with E-state index in [1.807, 2.05) is 4.57 Å². The number of rotatable bonds is 16. The van der Waals surface area contributed by atoms with Crippen molar-refractivity contribution in [2.45, 2.75) is 64.3 Å². The second-order valence-corrected chi connectivity index (χ2v) is 14.0. The Kier molecular flexibility index (Phi) is 12.5. The number of fused-ring (bicyclic) bond motifs is 1. The largest absolute Gasteiger partial charge is 0.378 e. The predicted molar refractivity (Wildman–Crippen MR) is 210 cm³/mol. The van der Waals surface area contributed by atoms with Crippen LogP contribution in [0.15, 0.2) is 79.3 Å². The number of piperidine rings is 1. The molecule has 17 nitrogen and oxygen atoms in total. The van der Waals surface area contributed by atoms with E-state index in [0.717, 1.165) is 12.1 Å². The van der Waals surface area contributed by atoms with Gasteiger partial charge in [0.15, 0.2) is 11.6 Å². The number of amides is 6. The molecule has 0 bridgehead atoms. The molecule has 2 aromatic heterocycles. The molecule has 2 aliphatic heterocycles. The first kappa shape index (κ1) is 40.7. The number of hydrogen-bond acceptors (Lipinski definition) is 11. The third-order valence-corrected chi connectivity index (χ3v) is 10.0. The van der Waals surface area contributed by atoms with Crippen LogP contribution in [0.2, 0.25) is 0 Å². The number of halogens is 2. The summed E-state index contributed by atoms with van der Waals surface area (Å²) in [6, 6.07) is 15.9. The lowest BCUT2D eigenvalue weighted by molar-refractivity contribution is -0.137. The van der Waals surface area contributed by atoms with Crippen LogP contribution in [0.25, 0.3) is 11.5 Å². The minimum atomic E-state index is -0.789. The molecule has 1 saturated heterocycles. The van der Waals surface area contributed by atoms with Gasteiger partial charge in [-0.05, 0) is 61.4 Å². The molecule has 5 aromatic rings. The number of anilines is 2. The fourth-order valence-corrected chi connectivity index (χ4v) is 6.93. The fourth-order valence-electron chi connectivity index (χ4n) is 6.93. The highest BCUT2D eigenvalue weighted by atomic mass is 19.1. The van der Waals surface area contributed by atoms with Crippen LogP contribution in [0.3, 0.4) is 0 Å². The van der Waals surface area contributed by atoms with Crippen LogP contribution >= 0.6 is 0 Å². The Bertz CT molecular complexity index is 2440. The first-order valence-corrected chi connectivity index (χ1v) is 19.1. The molecule has 19 heteroatoms. The molecule has 2 aliphatic rings. The van der Waals surface area contributed by atoms with Crippen molar-refractivity contribution in [3.8, 4) is 11.5 Å². The van der Waals surface area contributed by atoms with Gasteiger partial charge in [0.05, 0.1) is 6.54 Å². The molecule has 4 heterocycles. The summed E-state index contributed by atoms with van der Waals surface area (Å²) in [4.78, 5) is 85.4. The van der Waals surface area contributed by atoms with Crippen LogP contribution in [0.4, 0.5) is 20.2 Å². The Morgan fingerprint density at radius 1 is 0.883 bits per heavy atom. The summed E-state index contributed by atoms with van der Waals surface area (Å²) in [5, 5.41) is 22.4. The molecule has 1 atom stereocenters. The average Bonchev–Trinajstić information content (AvgIpc) is 3.81. The number of carbonyl (C=O) groups is 6. The van der Waals surface area contributed by atoms with Gasteiger partial charge in [-0.3, -0.25) is 34.1 Å². The minimum absolute atomic E-state index is 0.0900. The van der Waals surface area contributed by atoms with Crippen molar-refractivity contribution in [3.63, 3.8) is 0 Å². The number of benzene rings is 3. The molecule has 1 fully saturated rings. The Morgan fingerprint density at radius 3 is 2.45 bits per heavy atom. The summed E-state index contributed by atoms with van der Waals surface area (Å²) in [6.45, 7) is 0.616. The summed E-state index contributed by atoms with van der Waals surface area (Å²) in [5.41, 5.74) is 2.46. The van der Waals surface area contributed by atoms with Crippen molar-refractivity contribution in [1.29, 1.82) is 0 Å². The number of hydrogen-bond donors (Lipinski definition) is 5. The van der Waals surface area contributed by atoms with E-state index in [-0.39, 0.29) is 80.7 Å². The summed E-state index contributed by atoms with van der Waals surface area (Å²) < 4.78 is 29.9. The van der Waals surface area contributed by atoms with Gasteiger partial charge in [0.2, 0.25) is 23.6 Å². The van der Waals surface area contributed by atoms with E-state index in [0.29, 0.717) is 52.8 Å². The van der Waals surface area contributed by atoms with Crippen LogP contribution in [-0.4, -0.2) is 77.7 Å². The van der Waals surface area contributed by atoms with Crippen LogP contribution in [0.1, 0.15) is 69.8 Å². The Balaban J connectivity index is 0.902. The van der Waals surface area contributed by atoms with Gasteiger partial charge in [-0.25, -0.2) is 18.7 Å². The topological polar surface area (TPSA) is 222 Å². The van der Waals surface area contributed by atoms with Gasteiger partial charge >= 0.3 is 0 Å². The molecule has 0 radical (unpaired) electrons. The van der Waals surface area contributed by atoms with Crippen LogP contribution in [0, 0.1) is 11.6 Å². The lowest BCUT2D eigenvalue weighted by Crippen LogP contribution is -2.52. The van der Waals surface area contributed by atoms with E-state index in [4.69, 9.17) is 0 Å². The summed E-state index contributed by atoms with van der Waals surface area (Å²) >= 11 is 0. The molecule has 3 aromatic carbocycles. The molecule has 6 amide bonds. The van der Waals surface area contributed by atoms with E-state index in [1.165, 1.54) is 17.3 Å². The number of imide groups is 1. The van der Waals surface area contributed by atoms with Gasteiger partial charge in [0.1, 0.15) is 29.7 Å². The molecule has 0 saturated carbocycles. The predicted octanol–water partition coefficient (Wildman–Crippen LogP) is 3.24. The molecule has 7 rings (SSSR count). The van der Waals surface area contributed by atoms with Gasteiger partial charge in [-0.2, -0.15) is 0 Å². The van der Waals surface area contributed by atoms with E-state index in [2.05, 4.69) is 46.7 Å². The first-order valence-electron chi connectivity index (χ1n) is 19.1. The molecular formula is C41H39F2N11O6. The van der Waals surface area contributed by atoms with Crippen molar-refractivity contribution >= 4 is 46.8 Å². The van der Waals surface area contributed by atoms with Gasteiger partial charge in [0, 0.05) is 85.3 Å². The van der Waals surface area contributed by atoms with Crippen molar-refractivity contribution in [2.75, 3.05) is 17.2 Å². The van der Waals surface area contributed by atoms with E-state index in [1.54, 1.807) is 54.7 Å². The highest BCUT2D eigenvalue weighted by Gasteiger charge is 2.40. The zero-order chi connectivity index (χ0) is 42.2. The molecule has 1 unspecified atom stereocenters. The molecule has 0 spiro atoms. The zero-order valence-corrected chi connectivity index (χ0v) is 32.0. The van der Waals surface area contributed by atoms with Gasteiger partial charge in [-0.1, -0.05) is 18.2 Å². The SMILES string of the molecule is O=C(CCC(=O)Nc1cccc2c1CN(C1CCC(=O)NC1=O)C2=O)NCCCn1c(CNc2cccc(C(=O)NCc3c(F)cccc3F)c2)nnc1-c1ccncn1. The van der Waals surface area contributed by atoms with Crippen LogP contribution < -0.4 is 26.6 Å². The fraction of sp³-hybridized carbons (Fsp3) is 0.268. The standard InChI is InChI=1S/C41H39F2N11O6/c42-29-8-3-9-30(43)27(29)20-47-39(58)24-5-1-6-25(19-24)46-21-34-51-52-38(32-15-17-44-23-48-32)53(34)18-4-16-45-35(55)13-14-36(56)49-31-10-2-7-26-28(31)22-54(41(26)60)33-11-12-37(57)50-40(33)59/h1-3,5-10,15,17,19,23,33,46H,4,11-14,16,18,20-22H2,(H,45,55)(H,47,58)(H,49,56)(H,50,57,59). The lowest BCUT2D eigenvalue weighted by Gasteiger charge is -2.29. The Morgan fingerprint density at radius 2 is 1.67 bits per heavy atom. The number of aromatic nitrogens is 5. The van der Waals surface area contributed by atoms with Crippen LogP contribution in [-0.2, 0) is 45.4 Å². The second-order valence-electron chi connectivity index (χ2n) is 14.0. The Hall–Kier alpha value is -7.44. The molecule has 5 N–H and O–H groups in total. The highest BCUT2D eigenvalue weighted by Crippen LogP contribution is 2.32. The third kappa shape index (κ3) is 9.46. The van der Waals surface area contributed by atoms with Crippen molar-refractivity contribution in [2.24, 2.45) is 0 Å². The quantitative estimate of drug-likeness (QED) is 0.0718. The molecule has 0 aliphatic carbocycles. The summed E-state index contributed by atoms with van der Waals surface area (Å²) in [5.74, 6) is -3.06. The maximum absolute atomic E-state index is 14.1. The lowest BCUT2D eigenvalue weighted by atomic mass is 10.0. The average molecular weight is 820 g/mol. The maximum Gasteiger partial charge on any atom is 0.255 e. The van der Waals surface area contributed by atoms with Crippen molar-refractivity contribution < 1.29 is 37.5 Å². The van der Waals surface area contributed by atoms with E-state index < -0.39 is 35.4 Å². The monoisotopic (exact) mass is 819 g/mol. The van der Waals surface area contributed by atoms with Crippen molar-refractivity contribution in [3.05, 3.63) is 119 Å². The van der Waals surface area contributed by atoms with E-state index >= 15 is 0 Å². The number of carbonyl (C=O) groups excluding carboxylic acids is 6. The normalized spacial score (nSPS) is 14.7. The summed E-state index contributed by atoms with van der Waals surface area (Å²) in [7, 11) is 0. The van der Waals surface area contributed by atoms with E-state index in [9.17, 15) is 37.5 Å². The maximum atomic E-state index is 14.1. The van der Waals surface area contributed by atoms with Crippen LogP contribution in [0.5, 0.6) is 0 Å². The molecule has 60 heavy (non-hydrogen) atoms. The van der Waals surface area contributed by atoms with Gasteiger partial charge < -0.3 is 30.7 Å². The third-order valence-electron chi connectivity index (χ3n) is 10.0. The Labute approximate surface area is 341 Å². The summed E-state index contributed by atoms with van der Waals surface area (Å²) in [6.07, 6.45) is 3.56. The zero-order valence-electron chi connectivity index (χ0n) is 32.0.